The molecule has 2 rings (SSSR count). The largest absolute Gasteiger partial charge is 0.295 e. The van der Waals surface area contributed by atoms with E-state index in [0.29, 0.717) is 16.7 Å². The van der Waals surface area contributed by atoms with Gasteiger partial charge in [0.2, 0.25) is 0 Å². The van der Waals surface area contributed by atoms with Crippen molar-refractivity contribution in [1.29, 1.82) is 0 Å². The Hall–Kier alpha value is -2.17. The molecule has 0 unspecified atom stereocenters. The van der Waals surface area contributed by atoms with E-state index in [-0.39, 0.29) is 4.91 Å². The van der Waals surface area contributed by atoms with Crippen molar-refractivity contribution in [1.82, 2.24) is 0 Å². The highest BCUT2D eigenvalue weighted by Gasteiger charge is 2.19. The van der Waals surface area contributed by atoms with E-state index in [0.717, 1.165) is 6.08 Å². The van der Waals surface area contributed by atoms with Crippen LogP contribution in [0.15, 0.2) is 78.2 Å². The van der Waals surface area contributed by atoms with Crippen LogP contribution in [-0.4, -0.2) is 13.0 Å². The second-order valence-electron chi connectivity index (χ2n) is 4.15. The Labute approximate surface area is 118 Å². The van der Waals surface area contributed by atoms with Crippen LogP contribution in [-0.2, 0) is 10.1 Å². The molecule has 0 atom stereocenters. The van der Waals surface area contributed by atoms with Gasteiger partial charge >= 0.3 is 0 Å². The first kappa shape index (κ1) is 14.2. The third-order valence-corrected chi connectivity index (χ3v) is 3.76. The lowest BCUT2D eigenvalue weighted by Gasteiger charge is -2.12. The maximum Gasteiger partial charge on any atom is 0.295 e. The van der Waals surface area contributed by atoms with Crippen LogP contribution in [0.1, 0.15) is 11.1 Å². The van der Waals surface area contributed by atoms with E-state index >= 15 is 0 Å². The summed E-state index contributed by atoms with van der Waals surface area (Å²) >= 11 is 0. The first-order valence-electron chi connectivity index (χ1n) is 5.99. The molecule has 0 saturated carbocycles. The SMILES string of the molecule is C=CC(=C(c1ccccc1)c1ccccc1)S(=O)(=O)O. The van der Waals surface area contributed by atoms with E-state index < -0.39 is 10.1 Å². The topological polar surface area (TPSA) is 54.4 Å². The first-order chi connectivity index (χ1) is 9.54. The highest BCUT2D eigenvalue weighted by molar-refractivity contribution is 7.90. The molecule has 102 valence electrons. The molecule has 0 aliphatic carbocycles. The van der Waals surface area contributed by atoms with Gasteiger partial charge in [-0.15, -0.1) is 0 Å². The zero-order valence-corrected chi connectivity index (χ0v) is 11.5. The summed E-state index contributed by atoms with van der Waals surface area (Å²) in [5.41, 5.74) is 1.83. The Morgan fingerprint density at radius 1 is 0.900 bits per heavy atom. The van der Waals surface area contributed by atoms with Gasteiger partial charge in [-0.05, 0) is 17.2 Å². The van der Waals surface area contributed by atoms with Crippen molar-refractivity contribution in [3.05, 3.63) is 89.4 Å². The molecule has 0 radical (unpaired) electrons. The van der Waals surface area contributed by atoms with E-state index in [2.05, 4.69) is 6.58 Å². The molecule has 0 aliphatic rings. The molecule has 3 nitrogen and oxygen atoms in total. The lowest BCUT2D eigenvalue weighted by molar-refractivity contribution is 0.492. The van der Waals surface area contributed by atoms with Gasteiger partial charge in [0, 0.05) is 5.57 Å². The summed E-state index contributed by atoms with van der Waals surface area (Å²) in [6.45, 7) is 3.50. The normalized spacial score (nSPS) is 10.8. The van der Waals surface area contributed by atoms with Crippen LogP contribution in [0.4, 0.5) is 0 Å². The van der Waals surface area contributed by atoms with Crippen LogP contribution in [0.2, 0.25) is 0 Å². The Kier molecular flexibility index (Phi) is 4.17. The minimum Gasteiger partial charge on any atom is -0.282 e. The third kappa shape index (κ3) is 3.04. The lowest BCUT2D eigenvalue weighted by Crippen LogP contribution is -2.04. The zero-order chi connectivity index (χ0) is 14.6. The summed E-state index contributed by atoms with van der Waals surface area (Å²) < 4.78 is 32.6. The molecule has 0 aromatic heterocycles. The summed E-state index contributed by atoms with van der Waals surface area (Å²) in [4.78, 5) is -0.199. The molecule has 0 amide bonds. The second kappa shape index (κ2) is 5.86. The average Bonchev–Trinajstić information content (AvgIpc) is 2.45. The third-order valence-electron chi connectivity index (χ3n) is 2.83. The highest BCUT2D eigenvalue weighted by atomic mass is 32.2. The van der Waals surface area contributed by atoms with Crippen molar-refractivity contribution < 1.29 is 13.0 Å². The van der Waals surface area contributed by atoms with E-state index in [1.165, 1.54) is 0 Å². The molecule has 0 spiro atoms. The molecule has 0 bridgehead atoms. The van der Waals surface area contributed by atoms with Crippen molar-refractivity contribution in [2.75, 3.05) is 0 Å². The second-order valence-corrected chi connectivity index (χ2v) is 5.54. The lowest BCUT2D eigenvalue weighted by atomic mass is 9.97. The van der Waals surface area contributed by atoms with Crippen LogP contribution < -0.4 is 0 Å². The Morgan fingerprint density at radius 3 is 1.60 bits per heavy atom. The molecule has 0 fully saturated rings. The minimum atomic E-state index is -4.35. The maximum absolute atomic E-state index is 11.6. The van der Waals surface area contributed by atoms with Crippen LogP contribution >= 0.6 is 0 Å². The van der Waals surface area contributed by atoms with Gasteiger partial charge in [-0.3, -0.25) is 4.55 Å². The van der Waals surface area contributed by atoms with Gasteiger partial charge < -0.3 is 0 Å². The maximum atomic E-state index is 11.6. The van der Waals surface area contributed by atoms with Crippen LogP contribution in [0, 0.1) is 0 Å². The Bertz CT molecular complexity index is 688. The summed E-state index contributed by atoms with van der Waals surface area (Å²) in [7, 11) is -4.35. The fourth-order valence-electron chi connectivity index (χ4n) is 2.00. The van der Waals surface area contributed by atoms with Crippen molar-refractivity contribution >= 4 is 15.7 Å². The number of allylic oxidation sites excluding steroid dienone is 1. The molecule has 2 aromatic carbocycles. The van der Waals surface area contributed by atoms with Gasteiger partial charge in [0.25, 0.3) is 10.1 Å². The molecule has 0 heterocycles. The van der Waals surface area contributed by atoms with Gasteiger partial charge in [-0.25, -0.2) is 0 Å². The fourth-order valence-corrected chi connectivity index (χ4v) is 2.70. The Balaban J connectivity index is 2.81. The van der Waals surface area contributed by atoms with E-state index in [1.54, 1.807) is 24.3 Å². The van der Waals surface area contributed by atoms with Crippen molar-refractivity contribution in [3.63, 3.8) is 0 Å². The molecule has 0 aliphatic heterocycles. The van der Waals surface area contributed by atoms with Gasteiger partial charge in [0.05, 0.1) is 0 Å². The Morgan fingerprint density at radius 2 is 1.30 bits per heavy atom. The number of hydrogen-bond donors (Lipinski definition) is 1. The summed E-state index contributed by atoms with van der Waals surface area (Å²) in [6.07, 6.45) is 1.16. The number of benzene rings is 2. The number of hydrogen-bond acceptors (Lipinski definition) is 2. The van der Waals surface area contributed by atoms with Crippen molar-refractivity contribution in [2.24, 2.45) is 0 Å². The summed E-state index contributed by atoms with van der Waals surface area (Å²) in [5, 5.41) is 0. The molecular formula is C16H14O3S. The van der Waals surface area contributed by atoms with E-state index in [9.17, 15) is 13.0 Å². The molecular weight excluding hydrogens is 272 g/mol. The quantitative estimate of drug-likeness (QED) is 0.691. The van der Waals surface area contributed by atoms with Crippen LogP contribution in [0.25, 0.3) is 5.57 Å². The predicted octanol–water partition coefficient (Wildman–Crippen LogP) is 3.52. The fraction of sp³-hybridized carbons (Fsp3) is 0. The molecule has 0 saturated heterocycles. The molecule has 4 heteroatoms. The predicted molar refractivity (Wildman–Crippen MR) is 80.7 cm³/mol. The van der Waals surface area contributed by atoms with Crippen molar-refractivity contribution in [2.45, 2.75) is 0 Å². The molecule has 2 aromatic rings. The van der Waals surface area contributed by atoms with E-state index in [4.69, 9.17) is 0 Å². The first-order valence-corrected chi connectivity index (χ1v) is 7.43. The summed E-state index contributed by atoms with van der Waals surface area (Å²) in [6, 6.07) is 18.1. The summed E-state index contributed by atoms with van der Waals surface area (Å²) in [5.74, 6) is 0. The number of rotatable bonds is 4. The van der Waals surface area contributed by atoms with E-state index in [1.807, 2.05) is 36.4 Å². The molecule has 20 heavy (non-hydrogen) atoms. The van der Waals surface area contributed by atoms with Gasteiger partial charge in [-0.2, -0.15) is 8.42 Å². The standard InChI is InChI=1S/C16H14O3S/c1-2-15(20(17,18)19)16(13-9-5-3-6-10-13)14-11-7-4-8-12-14/h2-12H,1H2,(H,17,18,19). The van der Waals surface area contributed by atoms with Crippen LogP contribution in [0.3, 0.4) is 0 Å². The zero-order valence-electron chi connectivity index (χ0n) is 10.7. The van der Waals surface area contributed by atoms with Gasteiger partial charge in [0.1, 0.15) is 4.91 Å². The van der Waals surface area contributed by atoms with Crippen LogP contribution in [0.5, 0.6) is 0 Å². The monoisotopic (exact) mass is 286 g/mol. The van der Waals surface area contributed by atoms with Crippen molar-refractivity contribution in [3.8, 4) is 0 Å². The van der Waals surface area contributed by atoms with Gasteiger partial charge in [0.15, 0.2) is 0 Å². The smallest absolute Gasteiger partial charge is 0.282 e. The average molecular weight is 286 g/mol. The van der Waals surface area contributed by atoms with Gasteiger partial charge in [-0.1, -0.05) is 67.2 Å². The minimum absolute atomic E-state index is 0.199. The highest BCUT2D eigenvalue weighted by Crippen LogP contribution is 2.29. The molecule has 1 N–H and O–H groups in total.